The zero-order valence-electron chi connectivity index (χ0n) is 11.8. The van der Waals surface area contributed by atoms with E-state index in [0.717, 1.165) is 12.5 Å². The van der Waals surface area contributed by atoms with Crippen molar-refractivity contribution in [2.24, 2.45) is 5.92 Å². The first-order chi connectivity index (χ1) is 8.78. The van der Waals surface area contributed by atoms with Crippen LogP contribution in [0.15, 0.2) is 24.3 Å². The van der Waals surface area contributed by atoms with Gasteiger partial charge >= 0.3 is 0 Å². The van der Waals surface area contributed by atoms with E-state index in [4.69, 9.17) is 0 Å². The fraction of sp³-hybridized carbons (Fsp3) is 0.625. The van der Waals surface area contributed by atoms with Gasteiger partial charge in [-0.3, -0.25) is 0 Å². The number of hydrogen-bond donors (Lipinski definition) is 1. The highest BCUT2D eigenvalue weighted by molar-refractivity contribution is 5.44. The SMILES string of the molecule is CCCc1ccc(NCC2CCN(C)CC2)cc1. The number of aryl methyl sites for hydroxylation is 1. The van der Waals surface area contributed by atoms with Crippen LogP contribution < -0.4 is 5.32 Å². The van der Waals surface area contributed by atoms with Gasteiger partial charge in [0.25, 0.3) is 0 Å². The van der Waals surface area contributed by atoms with Gasteiger partial charge in [0.1, 0.15) is 0 Å². The summed E-state index contributed by atoms with van der Waals surface area (Å²) in [7, 11) is 2.22. The number of piperidine rings is 1. The molecule has 1 aliphatic rings. The van der Waals surface area contributed by atoms with Crippen LogP contribution in [0.3, 0.4) is 0 Å². The van der Waals surface area contributed by atoms with Crippen molar-refractivity contribution in [3.05, 3.63) is 29.8 Å². The molecule has 0 unspecified atom stereocenters. The van der Waals surface area contributed by atoms with E-state index < -0.39 is 0 Å². The molecule has 0 bridgehead atoms. The van der Waals surface area contributed by atoms with E-state index in [-0.39, 0.29) is 0 Å². The van der Waals surface area contributed by atoms with Crippen LogP contribution in [0.1, 0.15) is 31.7 Å². The number of hydrogen-bond acceptors (Lipinski definition) is 2. The van der Waals surface area contributed by atoms with Crippen LogP contribution in [-0.2, 0) is 6.42 Å². The van der Waals surface area contributed by atoms with Crippen LogP contribution >= 0.6 is 0 Å². The molecular weight excluding hydrogens is 220 g/mol. The van der Waals surface area contributed by atoms with Crippen LogP contribution in [0.2, 0.25) is 0 Å². The van der Waals surface area contributed by atoms with E-state index >= 15 is 0 Å². The van der Waals surface area contributed by atoms with E-state index in [9.17, 15) is 0 Å². The summed E-state index contributed by atoms with van der Waals surface area (Å²) in [5.41, 5.74) is 2.72. The summed E-state index contributed by atoms with van der Waals surface area (Å²) >= 11 is 0. The summed E-state index contributed by atoms with van der Waals surface area (Å²) in [6.07, 6.45) is 5.08. The molecule has 1 aliphatic heterocycles. The fourth-order valence-corrected chi connectivity index (χ4v) is 2.61. The first-order valence-corrected chi connectivity index (χ1v) is 7.29. The van der Waals surface area contributed by atoms with E-state index in [2.05, 4.69) is 48.5 Å². The number of benzene rings is 1. The Bertz CT molecular complexity index is 337. The van der Waals surface area contributed by atoms with Crippen LogP contribution in [0.5, 0.6) is 0 Å². The lowest BCUT2D eigenvalue weighted by molar-refractivity contribution is 0.226. The second-order valence-electron chi connectivity index (χ2n) is 5.57. The Morgan fingerprint density at radius 2 is 1.83 bits per heavy atom. The molecule has 0 spiro atoms. The molecule has 0 amide bonds. The lowest BCUT2D eigenvalue weighted by Crippen LogP contribution is -2.32. The zero-order chi connectivity index (χ0) is 12.8. The van der Waals surface area contributed by atoms with Gasteiger partial charge < -0.3 is 10.2 Å². The van der Waals surface area contributed by atoms with Crippen molar-refractivity contribution in [2.45, 2.75) is 32.6 Å². The molecule has 2 nitrogen and oxygen atoms in total. The highest BCUT2D eigenvalue weighted by Crippen LogP contribution is 2.17. The lowest BCUT2D eigenvalue weighted by atomic mass is 9.97. The number of rotatable bonds is 5. The molecule has 0 radical (unpaired) electrons. The van der Waals surface area contributed by atoms with Crippen molar-refractivity contribution in [1.29, 1.82) is 0 Å². The minimum absolute atomic E-state index is 0.844. The summed E-state index contributed by atoms with van der Waals surface area (Å²) in [6, 6.07) is 8.95. The average molecular weight is 246 g/mol. The van der Waals surface area contributed by atoms with Crippen molar-refractivity contribution in [3.63, 3.8) is 0 Å². The topological polar surface area (TPSA) is 15.3 Å². The van der Waals surface area contributed by atoms with Gasteiger partial charge in [-0.25, -0.2) is 0 Å². The highest BCUT2D eigenvalue weighted by atomic mass is 15.1. The predicted molar refractivity (Wildman–Crippen MR) is 79.1 cm³/mol. The van der Waals surface area contributed by atoms with Crippen molar-refractivity contribution < 1.29 is 0 Å². The van der Waals surface area contributed by atoms with Crippen molar-refractivity contribution in [3.8, 4) is 0 Å². The smallest absolute Gasteiger partial charge is 0.0340 e. The molecule has 1 aromatic carbocycles. The summed E-state index contributed by atoms with van der Waals surface area (Å²) in [5, 5.41) is 3.58. The number of nitrogens with one attached hydrogen (secondary N) is 1. The van der Waals surface area contributed by atoms with Gasteiger partial charge in [0.15, 0.2) is 0 Å². The molecular formula is C16H26N2. The predicted octanol–water partition coefficient (Wildman–Crippen LogP) is 3.39. The minimum Gasteiger partial charge on any atom is -0.385 e. The molecule has 1 saturated heterocycles. The van der Waals surface area contributed by atoms with Gasteiger partial charge in [0.2, 0.25) is 0 Å². The fourth-order valence-electron chi connectivity index (χ4n) is 2.61. The summed E-state index contributed by atoms with van der Waals surface area (Å²) in [6.45, 7) is 5.86. The maximum atomic E-state index is 3.58. The van der Waals surface area contributed by atoms with Gasteiger partial charge in [-0.15, -0.1) is 0 Å². The van der Waals surface area contributed by atoms with Crippen molar-refractivity contribution in [2.75, 3.05) is 32.0 Å². The second kappa shape index (κ2) is 6.79. The highest BCUT2D eigenvalue weighted by Gasteiger charge is 2.15. The first kappa shape index (κ1) is 13.4. The van der Waals surface area contributed by atoms with Crippen LogP contribution in [0, 0.1) is 5.92 Å². The molecule has 2 heteroatoms. The van der Waals surface area contributed by atoms with Gasteiger partial charge in [0.05, 0.1) is 0 Å². The molecule has 1 aromatic rings. The lowest BCUT2D eigenvalue weighted by Gasteiger charge is -2.29. The largest absolute Gasteiger partial charge is 0.385 e. The van der Waals surface area contributed by atoms with E-state index in [1.54, 1.807) is 0 Å². The molecule has 100 valence electrons. The Morgan fingerprint density at radius 1 is 1.17 bits per heavy atom. The Labute approximate surface area is 111 Å². The third-order valence-corrected chi connectivity index (χ3v) is 3.93. The van der Waals surface area contributed by atoms with Gasteiger partial charge in [-0.2, -0.15) is 0 Å². The Hall–Kier alpha value is -1.02. The molecule has 18 heavy (non-hydrogen) atoms. The average Bonchev–Trinajstić information content (AvgIpc) is 2.40. The van der Waals surface area contributed by atoms with Crippen molar-refractivity contribution in [1.82, 2.24) is 4.90 Å². The number of anilines is 1. The molecule has 0 aliphatic carbocycles. The standard InChI is InChI=1S/C16H26N2/c1-3-4-14-5-7-16(8-6-14)17-13-15-9-11-18(2)12-10-15/h5-8,15,17H,3-4,9-13H2,1-2H3. The summed E-state index contributed by atoms with van der Waals surface area (Å²) in [5.74, 6) is 0.844. The third-order valence-electron chi connectivity index (χ3n) is 3.93. The van der Waals surface area contributed by atoms with Gasteiger partial charge in [0, 0.05) is 12.2 Å². The van der Waals surface area contributed by atoms with Crippen LogP contribution in [0.25, 0.3) is 0 Å². The molecule has 0 atom stereocenters. The Kier molecular flexibility index (Phi) is 5.06. The van der Waals surface area contributed by atoms with Crippen LogP contribution in [-0.4, -0.2) is 31.6 Å². The molecule has 0 saturated carbocycles. The van der Waals surface area contributed by atoms with Gasteiger partial charge in [-0.05, 0) is 63.0 Å². The van der Waals surface area contributed by atoms with Crippen molar-refractivity contribution >= 4 is 5.69 Å². The molecule has 1 N–H and O–H groups in total. The number of nitrogens with zero attached hydrogens (tertiary/aromatic N) is 1. The Balaban J connectivity index is 1.76. The summed E-state index contributed by atoms with van der Waals surface area (Å²) < 4.78 is 0. The van der Waals surface area contributed by atoms with E-state index in [0.29, 0.717) is 0 Å². The summed E-state index contributed by atoms with van der Waals surface area (Å²) in [4.78, 5) is 2.43. The maximum absolute atomic E-state index is 3.58. The first-order valence-electron chi connectivity index (χ1n) is 7.29. The minimum atomic E-state index is 0.844. The second-order valence-corrected chi connectivity index (χ2v) is 5.57. The van der Waals surface area contributed by atoms with E-state index in [1.807, 2.05) is 0 Å². The molecule has 2 rings (SSSR count). The zero-order valence-corrected chi connectivity index (χ0v) is 11.8. The van der Waals surface area contributed by atoms with Gasteiger partial charge in [-0.1, -0.05) is 25.5 Å². The third kappa shape index (κ3) is 4.02. The maximum Gasteiger partial charge on any atom is 0.0340 e. The number of likely N-dealkylation sites (tertiary alicyclic amines) is 1. The molecule has 1 fully saturated rings. The normalized spacial score (nSPS) is 17.9. The van der Waals surface area contributed by atoms with E-state index in [1.165, 1.54) is 50.0 Å². The monoisotopic (exact) mass is 246 g/mol. The molecule has 1 heterocycles. The molecule has 0 aromatic heterocycles. The quantitative estimate of drug-likeness (QED) is 0.856. The van der Waals surface area contributed by atoms with Crippen LogP contribution in [0.4, 0.5) is 5.69 Å². The Morgan fingerprint density at radius 3 is 2.44 bits per heavy atom.